The van der Waals surface area contributed by atoms with Crippen LogP contribution in [-0.2, 0) is 10.9 Å². The molecule has 0 aliphatic carbocycles. The molecule has 0 radical (unpaired) electrons. The molecule has 2 rings (SSSR count). The summed E-state index contributed by atoms with van der Waals surface area (Å²) in [5.74, 6) is -0.630. The van der Waals surface area contributed by atoms with Crippen LogP contribution in [0.15, 0.2) is 35.2 Å². The Morgan fingerprint density at radius 1 is 1.32 bits per heavy atom. The maximum atomic E-state index is 12.7. The number of thioether (sulfide) groups is 1. The Bertz CT molecular complexity index is 646. The molecule has 22 heavy (non-hydrogen) atoms. The van der Waals surface area contributed by atoms with Crippen LogP contribution in [-0.4, -0.2) is 23.3 Å². The van der Waals surface area contributed by atoms with Crippen molar-refractivity contribution in [2.24, 2.45) is 0 Å². The van der Waals surface area contributed by atoms with Gasteiger partial charge < -0.3 is 4.74 Å². The SMILES string of the molecule is O=C(OCCSc1ccccc1)c1sc(Cl)nc1C(F)(F)F. The number of esters is 1. The number of thiazole rings is 1. The van der Waals surface area contributed by atoms with Crippen molar-refractivity contribution in [2.75, 3.05) is 12.4 Å². The number of rotatable bonds is 5. The number of hydrogen-bond acceptors (Lipinski definition) is 5. The summed E-state index contributed by atoms with van der Waals surface area (Å²) in [6.07, 6.45) is -4.74. The van der Waals surface area contributed by atoms with Crippen molar-refractivity contribution >= 4 is 40.7 Å². The van der Waals surface area contributed by atoms with Crippen molar-refractivity contribution < 1.29 is 22.7 Å². The molecule has 0 saturated carbocycles. The zero-order valence-corrected chi connectivity index (χ0v) is 13.3. The zero-order valence-electron chi connectivity index (χ0n) is 10.9. The smallest absolute Gasteiger partial charge is 0.435 e. The second-order valence-electron chi connectivity index (χ2n) is 3.94. The molecule has 0 fully saturated rings. The third-order valence-electron chi connectivity index (χ3n) is 2.38. The number of alkyl halides is 3. The monoisotopic (exact) mass is 367 g/mol. The number of nitrogens with zero attached hydrogens (tertiary/aromatic N) is 1. The first-order valence-corrected chi connectivity index (χ1v) is 8.14. The summed E-state index contributed by atoms with van der Waals surface area (Å²) in [4.78, 5) is 15.2. The maximum Gasteiger partial charge on any atom is 0.435 e. The molecule has 1 aromatic carbocycles. The third kappa shape index (κ3) is 4.62. The highest BCUT2D eigenvalue weighted by Gasteiger charge is 2.40. The van der Waals surface area contributed by atoms with Gasteiger partial charge in [-0.2, -0.15) is 13.2 Å². The summed E-state index contributed by atoms with van der Waals surface area (Å²) in [6.45, 7) is -0.00872. The van der Waals surface area contributed by atoms with Crippen molar-refractivity contribution in [3.63, 3.8) is 0 Å². The van der Waals surface area contributed by atoms with Gasteiger partial charge in [-0.15, -0.1) is 11.8 Å². The fourth-order valence-corrected chi connectivity index (χ4v) is 3.27. The second kappa shape index (κ2) is 7.34. The molecule has 118 valence electrons. The number of hydrogen-bond donors (Lipinski definition) is 0. The van der Waals surface area contributed by atoms with Crippen LogP contribution in [0.4, 0.5) is 13.2 Å². The predicted molar refractivity (Wildman–Crippen MR) is 79.6 cm³/mol. The van der Waals surface area contributed by atoms with Gasteiger partial charge in [-0.05, 0) is 12.1 Å². The third-order valence-corrected chi connectivity index (χ3v) is 4.50. The van der Waals surface area contributed by atoms with E-state index in [1.165, 1.54) is 11.8 Å². The molecule has 3 nitrogen and oxygen atoms in total. The Hall–Kier alpha value is -1.25. The molecule has 9 heteroatoms. The molecular formula is C13H9ClF3NO2S2. The van der Waals surface area contributed by atoms with Gasteiger partial charge in [0.2, 0.25) is 0 Å². The molecule has 0 unspecified atom stereocenters. The Morgan fingerprint density at radius 2 is 2.00 bits per heavy atom. The molecule has 0 aliphatic heterocycles. The Labute approximate surface area is 137 Å². The van der Waals surface area contributed by atoms with Crippen LogP contribution in [0.2, 0.25) is 4.47 Å². The van der Waals surface area contributed by atoms with E-state index in [2.05, 4.69) is 4.98 Å². The molecular weight excluding hydrogens is 359 g/mol. The van der Waals surface area contributed by atoms with Crippen molar-refractivity contribution in [2.45, 2.75) is 11.1 Å². The lowest BCUT2D eigenvalue weighted by molar-refractivity contribution is -0.141. The summed E-state index contributed by atoms with van der Waals surface area (Å²) >= 11 is 7.34. The van der Waals surface area contributed by atoms with E-state index in [4.69, 9.17) is 16.3 Å². The van der Waals surface area contributed by atoms with Gasteiger partial charge in [-0.1, -0.05) is 41.1 Å². The van der Waals surface area contributed by atoms with Crippen molar-refractivity contribution in [3.05, 3.63) is 45.4 Å². The number of carbonyl (C=O) groups excluding carboxylic acids is 1. The number of aromatic nitrogens is 1. The summed E-state index contributed by atoms with van der Waals surface area (Å²) in [5, 5.41) is 0. The highest BCUT2D eigenvalue weighted by atomic mass is 35.5. The van der Waals surface area contributed by atoms with Gasteiger partial charge in [0, 0.05) is 10.6 Å². The van der Waals surface area contributed by atoms with E-state index in [1.54, 1.807) is 0 Å². The van der Waals surface area contributed by atoms with E-state index in [1.807, 2.05) is 30.3 Å². The normalized spacial score (nSPS) is 11.5. The molecule has 2 aromatic rings. The molecule has 1 aromatic heterocycles. The van der Waals surface area contributed by atoms with Gasteiger partial charge in [-0.25, -0.2) is 9.78 Å². The first-order chi connectivity index (χ1) is 10.4. The van der Waals surface area contributed by atoms with Gasteiger partial charge in [0.05, 0.1) is 0 Å². The Balaban J connectivity index is 1.90. The summed E-state index contributed by atoms with van der Waals surface area (Å²) in [7, 11) is 0. The molecule has 0 atom stereocenters. The second-order valence-corrected chi connectivity index (χ2v) is 6.69. The van der Waals surface area contributed by atoms with Gasteiger partial charge >= 0.3 is 12.1 Å². The lowest BCUT2D eigenvalue weighted by Crippen LogP contribution is -2.14. The lowest BCUT2D eigenvalue weighted by Gasteiger charge is -2.06. The van der Waals surface area contributed by atoms with Gasteiger partial charge in [0.25, 0.3) is 0 Å². The van der Waals surface area contributed by atoms with E-state index in [-0.39, 0.29) is 11.1 Å². The molecule has 0 saturated heterocycles. The van der Waals surface area contributed by atoms with Crippen molar-refractivity contribution in [1.29, 1.82) is 0 Å². The minimum Gasteiger partial charge on any atom is -0.461 e. The fourth-order valence-electron chi connectivity index (χ4n) is 1.50. The number of benzene rings is 1. The number of carbonyl (C=O) groups is 1. The van der Waals surface area contributed by atoms with E-state index in [0.717, 1.165) is 4.90 Å². The molecule has 0 N–H and O–H groups in total. The highest BCUT2D eigenvalue weighted by molar-refractivity contribution is 7.99. The quantitative estimate of drug-likeness (QED) is 0.434. The first-order valence-electron chi connectivity index (χ1n) is 5.96. The maximum absolute atomic E-state index is 12.7. The van der Waals surface area contributed by atoms with Gasteiger partial charge in [-0.3, -0.25) is 0 Å². The minimum absolute atomic E-state index is 0.00872. The summed E-state index contributed by atoms with van der Waals surface area (Å²) < 4.78 is 42.6. The summed E-state index contributed by atoms with van der Waals surface area (Å²) in [6, 6.07) is 9.37. The van der Waals surface area contributed by atoms with Gasteiger partial charge in [0.15, 0.2) is 10.2 Å². The van der Waals surface area contributed by atoms with E-state index in [9.17, 15) is 18.0 Å². The van der Waals surface area contributed by atoms with E-state index >= 15 is 0 Å². The standard InChI is InChI=1S/C13H9ClF3NO2S2/c14-12-18-10(13(15,16)17)9(22-12)11(19)20-6-7-21-8-4-2-1-3-5-8/h1-5H,6-7H2. The average Bonchev–Trinajstić information content (AvgIpc) is 2.87. The van der Waals surface area contributed by atoms with Crippen LogP contribution in [0, 0.1) is 0 Å². The molecule has 0 spiro atoms. The van der Waals surface area contributed by atoms with Crippen LogP contribution in [0.25, 0.3) is 0 Å². The van der Waals surface area contributed by atoms with E-state index < -0.39 is 22.7 Å². The fraction of sp³-hybridized carbons (Fsp3) is 0.231. The predicted octanol–water partition coefficient (Wildman–Crippen LogP) is 4.76. The van der Waals surface area contributed by atoms with Crippen molar-refractivity contribution in [1.82, 2.24) is 4.98 Å². The van der Waals surface area contributed by atoms with Crippen LogP contribution in [0.5, 0.6) is 0 Å². The van der Waals surface area contributed by atoms with Gasteiger partial charge in [0.1, 0.15) is 11.5 Å². The van der Waals surface area contributed by atoms with Crippen LogP contribution in [0.3, 0.4) is 0 Å². The number of ether oxygens (including phenoxy) is 1. The van der Waals surface area contributed by atoms with Crippen LogP contribution >= 0.6 is 34.7 Å². The molecule has 0 amide bonds. The zero-order chi connectivity index (χ0) is 16.2. The lowest BCUT2D eigenvalue weighted by atomic mass is 10.3. The average molecular weight is 368 g/mol. The Kier molecular flexibility index (Phi) is 5.71. The molecule has 0 bridgehead atoms. The highest BCUT2D eigenvalue weighted by Crippen LogP contribution is 2.36. The minimum atomic E-state index is -4.74. The largest absolute Gasteiger partial charge is 0.461 e. The topological polar surface area (TPSA) is 39.2 Å². The summed E-state index contributed by atoms with van der Waals surface area (Å²) in [5.41, 5.74) is -1.30. The Morgan fingerprint density at radius 3 is 2.64 bits per heavy atom. The van der Waals surface area contributed by atoms with Crippen LogP contribution in [0.1, 0.15) is 15.4 Å². The first kappa shape index (κ1) is 17.1. The molecule has 0 aliphatic rings. The number of halogens is 4. The van der Waals surface area contributed by atoms with Crippen LogP contribution < -0.4 is 0 Å². The van der Waals surface area contributed by atoms with E-state index in [0.29, 0.717) is 17.1 Å². The molecule has 1 heterocycles. The van der Waals surface area contributed by atoms with Crippen molar-refractivity contribution in [3.8, 4) is 0 Å².